The van der Waals surface area contributed by atoms with Crippen LogP contribution >= 0.6 is 11.3 Å². The van der Waals surface area contributed by atoms with Gasteiger partial charge in [-0.05, 0) is 31.2 Å². The number of nitrogens with zero attached hydrogens (tertiary/aromatic N) is 3. The average Bonchev–Trinajstić information content (AvgIpc) is 2.97. The first kappa shape index (κ1) is 16.5. The first-order valence-corrected chi connectivity index (χ1v) is 7.47. The van der Waals surface area contributed by atoms with Crippen molar-refractivity contribution in [3.8, 4) is 11.8 Å². The number of carbonyl (C=O) groups is 1. The molecule has 2 rings (SSSR count). The second-order valence-electron chi connectivity index (χ2n) is 4.31. The molecule has 1 heterocycles. The molecular weight excluding hydrogens is 318 g/mol. The van der Waals surface area contributed by atoms with Crippen LogP contribution in [0.1, 0.15) is 16.3 Å². The Balaban J connectivity index is 1.84. The minimum Gasteiger partial charge on any atom is -0.490 e. The Morgan fingerprint density at radius 1 is 1.39 bits per heavy atom. The molecule has 7 nitrogen and oxygen atoms in total. The van der Waals surface area contributed by atoms with E-state index in [4.69, 9.17) is 19.9 Å². The van der Waals surface area contributed by atoms with Gasteiger partial charge in [0, 0.05) is 5.38 Å². The van der Waals surface area contributed by atoms with Crippen LogP contribution in [0.3, 0.4) is 0 Å². The van der Waals surface area contributed by atoms with Crippen LogP contribution in [0.5, 0.6) is 5.75 Å². The molecule has 23 heavy (non-hydrogen) atoms. The number of aliphatic carboxylic acids is 1. The van der Waals surface area contributed by atoms with Gasteiger partial charge in [0.1, 0.15) is 18.1 Å². The second-order valence-corrected chi connectivity index (χ2v) is 5.38. The standard InChI is InChI=1S/C15H13N3O4S/c1-10-17-13(9-23-10)14(15(19)20)18-22-7-6-21-12-4-2-11(8-16)3-5-12/h2-5,9H,6-7H2,1H3,(H,19,20)/b18-14-. The fourth-order valence-electron chi connectivity index (χ4n) is 1.60. The highest BCUT2D eigenvalue weighted by atomic mass is 32.1. The maximum atomic E-state index is 11.2. The molecule has 0 radical (unpaired) electrons. The van der Waals surface area contributed by atoms with E-state index < -0.39 is 5.97 Å². The topological polar surface area (TPSA) is 105 Å². The Morgan fingerprint density at radius 2 is 2.13 bits per heavy atom. The number of aryl methyl sites for hydroxylation is 1. The van der Waals surface area contributed by atoms with Crippen LogP contribution in [0.4, 0.5) is 0 Å². The van der Waals surface area contributed by atoms with Crippen molar-refractivity contribution in [2.75, 3.05) is 13.2 Å². The highest BCUT2D eigenvalue weighted by Gasteiger charge is 2.16. The summed E-state index contributed by atoms with van der Waals surface area (Å²) in [5, 5.41) is 23.8. The van der Waals surface area contributed by atoms with Crippen molar-refractivity contribution in [2.24, 2.45) is 5.16 Å². The normalized spacial score (nSPS) is 10.9. The predicted molar refractivity (Wildman–Crippen MR) is 83.6 cm³/mol. The van der Waals surface area contributed by atoms with Crippen molar-refractivity contribution in [3.63, 3.8) is 0 Å². The van der Waals surface area contributed by atoms with E-state index in [9.17, 15) is 4.79 Å². The smallest absolute Gasteiger partial charge is 0.360 e. The number of aromatic nitrogens is 1. The monoisotopic (exact) mass is 331 g/mol. The van der Waals surface area contributed by atoms with Gasteiger partial charge in [-0.15, -0.1) is 11.3 Å². The molecule has 0 aliphatic rings. The molecule has 1 aromatic carbocycles. The van der Waals surface area contributed by atoms with Crippen molar-refractivity contribution >= 4 is 23.0 Å². The lowest BCUT2D eigenvalue weighted by Gasteiger charge is -2.05. The summed E-state index contributed by atoms with van der Waals surface area (Å²) in [6.07, 6.45) is 0. The summed E-state index contributed by atoms with van der Waals surface area (Å²) >= 11 is 1.34. The highest BCUT2D eigenvalue weighted by Crippen LogP contribution is 2.12. The molecule has 0 bridgehead atoms. The molecule has 0 aliphatic carbocycles. The zero-order valence-corrected chi connectivity index (χ0v) is 13.0. The van der Waals surface area contributed by atoms with Crippen LogP contribution < -0.4 is 4.74 Å². The molecule has 0 amide bonds. The van der Waals surface area contributed by atoms with Crippen molar-refractivity contribution < 1.29 is 19.5 Å². The molecule has 0 spiro atoms. The van der Waals surface area contributed by atoms with E-state index in [0.717, 1.165) is 5.01 Å². The lowest BCUT2D eigenvalue weighted by molar-refractivity contribution is -0.129. The van der Waals surface area contributed by atoms with Crippen molar-refractivity contribution in [3.05, 3.63) is 45.9 Å². The van der Waals surface area contributed by atoms with Gasteiger partial charge in [0.05, 0.1) is 16.6 Å². The molecule has 8 heteroatoms. The third kappa shape index (κ3) is 4.79. The molecule has 0 atom stereocenters. The van der Waals surface area contributed by atoms with E-state index in [1.165, 1.54) is 11.3 Å². The SMILES string of the molecule is Cc1nc(/C(=N/OCCOc2ccc(C#N)cc2)C(=O)O)cs1. The minimum absolute atomic E-state index is 0.0832. The summed E-state index contributed by atoms with van der Waals surface area (Å²) in [7, 11) is 0. The maximum Gasteiger partial charge on any atom is 0.360 e. The van der Waals surface area contributed by atoms with E-state index in [0.29, 0.717) is 11.3 Å². The van der Waals surface area contributed by atoms with Crippen LogP contribution in [0, 0.1) is 18.3 Å². The summed E-state index contributed by atoms with van der Waals surface area (Å²) < 4.78 is 5.39. The number of rotatable bonds is 7. The van der Waals surface area contributed by atoms with Crippen molar-refractivity contribution in [1.82, 2.24) is 4.98 Å². The zero-order valence-electron chi connectivity index (χ0n) is 12.2. The van der Waals surface area contributed by atoms with E-state index in [1.54, 1.807) is 36.6 Å². The number of nitriles is 1. The zero-order chi connectivity index (χ0) is 16.7. The number of carboxylic acid groups (broad SMARTS) is 1. The molecule has 118 valence electrons. The number of ether oxygens (including phenoxy) is 1. The lowest BCUT2D eigenvalue weighted by atomic mass is 10.2. The van der Waals surface area contributed by atoms with E-state index >= 15 is 0 Å². The number of carboxylic acids is 1. The van der Waals surface area contributed by atoms with Gasteiger partial charge in [0.25, 0.3) is 0 Å². The molecule has 0 unspecified atom stereocenters. The summed E-state index contributed by atoms with van der Waals surface area (Å²) in [5.74, 6) is -0.617. The Kier molecular flexibility index (Phi) is 5.66. The van der Waals surface area contributed by atoms with Crippen molar-refractivity contribution in [1.29, 1.82) is 5.26 Å². The van der Waals surface area contributed by atoms with Crippen LogP contribution in [-0.4, -0.2) is 35.0 Å². The first-order valence-electron chi connectivity index (χ1n) is 6.59. The summed E-state index contributed by atoms with van der Waals surface area (Å²) in [4.78, 5) is 20.2. The predicted octanol–water partition coefficient (Wildman–Crippen LogP) is 2.21. The van der Waals surface area contributed by atoms with Crippen LogP contribution in [0.2, 0.25) is 0 Å². The van der Waals surface area contributed by atoms with Crippen molar-refractivity contribution in [2.45, 2.75) is 6.92 Å². The average molecular weight is 331 g/mol. The molecule has 0 aliphatic heterocycles. The van der Waals surface area contributed by atoms with Gasteiger partial charge in [-0.25, -0.2) is 9.78 Å². The van der Waals surface area contributed by atoms with Gasteiger partial charge in [-0.2, -0.15) is 5.26 Å². The fraction of sp³-hybridized carbons (Fsp3) is 0.200. The first-order chi connectivity index (χ1) is 11.1. The summed E-state index contributed by atoms with van der Waals surface area (Å²) in [6.45, 7) is 2.05. The molecule has 0 saturated heterocycles. The minimum atomic E-state index is -1.21. The van der Waals surface area contributed by atoms with E-state index in [-0.39, 0.29) is 24.6 Å². The molecule has 0 saturated carbocycles. The largest absolute Gasteiger partial charge is 0.490 e. The Bertz CT molecular complexity index is 747. The van der Waals surface area contributed by atoms with E-state index in [1.807, 2.05) is 6.07 Å². The Hall–Kier alpha value is -2.92. The Labute approximate surface area is 136 Å². The van der Waals surface area contributed by atoms with Gasteiger partial charge in [-0.1, -0.05) is 5.16 Å². The third-order valence-corrected chi connectivity index (χ3v) is 3.42. The number of hydrogen-bond acceptors (Lipinski definition) is 7. The van der Waals surface area contributed by atoms with Crippen LogP contribution in [0.15, 0.2) is 34.8 Å². The van der Waals surface area contributed by atoms with Gasteiger partial charge < -0.3 is 14.7 Å². The molecule has 1 N–H and O–H groups in total. The fourth-order valence-corrected chi connectivity index (χ4v) is 2.20. The quantitative estimate of drug-likeness (QED) is 0.474. The van der Waals surface area contributed by atoms with Crippen LogP contribution in [0.25, 0.3) is 0 Å². The number of benzene rings is 1. The molecule has 2 aromatic rings. The maximum absolute atomic E-state index is 11.2. The lowest BCUT2D eigenvalue weighted by Crippen LogP contribution is -2.16. The summed E-state index contributed by atoms with van der Waals surface area (Å²) in [5.41, 5.74) is 0.573. The Morgan fingerprint density at radius 3 is 2.70 bits per heavy atom. The molecular formula is C15H13N3O4S. The highest BCUT2D eigenvalue weighted by molar-refractivity contribution is 7.09. The van der Waals surface area contributed by atoms with Gasteiger partial charge >= 0.3 is 5.97 Å². The van der Waals surface area contributed by atoms with Crippen LogP contribution in [-0.2, 0) is 9.63 Å². The van der Waals surface area contributed by atoms with E-state index in [2.05, 4.69) is 10.1 Å². The number of hydrogen-bond donors (Lipinski definition) is 1. The number of oxime groups is 1. The number of thiazole rings is 1. The third-order valence-electron chi connectivity index (χ3n) is 2.65. The molecule has 0 fully saturated rings. The van der Waals surface area contributed by atoms with Gasteiger partial charge in [0.15, 0.2) is 6.61 Å². The summed E-state index contributed by atoms with van der Waals surface area (Å²) in [6, 6.07) is 8.63. The molecule has 1 aromatic heterocycles. The second kappa shape index (κ2) is 7.91. The van der Waals surface area contributed by atoms with Gasteiger partial charge in [-0.3, -0.25) is 0 Å². The van der Waals surface area contributed by atoms with Gasteiger partial charge in [0.2, 0.25) is 5.71 Å².